The first kappa shape index (κ1) is 21.5. The van der Waals surface area contributed by atoms with Crippen molar-refractivity contribution in [3.8, 4) is 0 Å². The van der Waals surface area contributed by atoms with E-state index in [9.17, 15) is 0 Å². The Morgan fingerprint density at radius 1 is 0.486 bits per heavy atom. The van der Waals surface area contributed by atoms with Gasteiger partial charge in [0.25, 0.3) is 0 Å². The van der Waals surface area contributed by atoms with Gasteiger partial charge in [0.15, 0.2) is 0 Å². The second-order valence-corrected chi connectivity index (χ2v) is 8.74. The molecule has 0 radical (unpaired) electrons. The fourth-order valence-electron chi connectivity index (χ4n) is 4.50. The zero-order chi connectivity index (χ0) is 23.5. The molecule has 0 aliphatic rings. The Morgan fingerprint density at radius 2 is 0.914 bits per heavy atom. The lowest BCUT2D eigenvalue weighted by Crippen LogP contribution is -2.22. The molecular weight excluding hydrogens is 432 g/mol. The van der Waals surface area contributed by atoms with E-state index < -0.39 is 0 Å². The molecule has 0 unspecified atom stereocenters. The number of rotatable bonds is 8. The highest BCUT2D eigenvalue weighted by molar-refractivity contribution is 6.03. The van der Waals surface area contributed by atoms with Crippen LogP contribution in [0.2, 0.25) is 0 Å². The summed E-state index contributed by atoms with van der Waals surface area (Å²) in [6, 6.07) is 24.9. The van der Waals surface area contributed by atoms with Gasteiger partial charge in [0.1, 0.15) is 0 Å². The van der Waals surface area contributed by atoms with E-state index in [0.717, 1.165) is 87.6 Å². The maximum atomic E-state index is 4.87. The molecule has 0 fully saturated rings. The topological polar surface area (TPSA) is 75.6 Å². The van der Waals surface area contributed by atoms with E-state index in [-0.39, 0.29) is 0 Å². The minimum atomic E-state index is 0.742. The number of benzene rings is 2. The van der Waals surface area contributed by atoms with Crippen molar-refractivity contribution in [1.82, 2.24) is 30.6 Å². The molecule has 6 aromatic rings. The van der Waals surface area contributed by atoms with Crippen molar-refractivity contribution in [2.75, 3.05) is 13.1 Å². The van der Waals surface area contributed by atoms with Crippen molar-refractivity contribution in [3.63, 3.8) is 0 Å². The molecule has 6 heteroatoms. The lowest BCUT2D eigenvalue weighted by Gasteiger charge is -2.09. The molecule has 2 aromatic carbocycles. The monoisotopic (exact) mass is 458 g/mol. The summed E-state index contributed by atoms with van der Waals surface area (Å²) < 4.78 is 0. The summed E-state index contributed by atoms with van der Waals surface area (Å²) in [6.07, 6.45) is 4.68. The second kappa shape index (κ2) is 9.70. The van der Waals surface area contributed by atoms with Crippen LogP contribution >= 0.6 is 0 Å². The van der Waals surface area contributed by atoms with E-state index in [1.165, 1.54) is 0 Å². The van der Waals surface area contributed by atoms with E-state index >= 15 is 0 Å². The maximum Gasteiger partial charge on any atom is 0.0968 e. The van der Waals surface area contributed by atoms with Gasteiger partial charge in [-0.1, -0.05) is 48.5 Å². The van der Waals surface area contributed by atoms with Crippen LogP contribution in [0.25, 0.3) is 43.6 Å². The van der Waals surface area contributed by atoms with Gasteiger partial charge >= 0.3 is 0 Å². The van der Waals surface area contributed by atoms with Gasteiger partial charge in [0, 0.05) is 47.0 Å². The highest BCUT2D eigenvalue weighted by Crippen LogP contribution is 2.23. The van der Waals surface area contributed by atoms with Crippen LogP contribution in [0.15, 0.2) is 85.2 Å². The number of pyridine rings is 4. The lowest BCUT2D eigenvalue weighted by molar-refractivity contribution is 0.588. The van der Waals surface area contributed by atoms with E-state index in [0.29, 0.717) is 0 Å². The Hall–Kier alpha value is -4.00. The molecule has 172 valence electrons. The van der Waals surface area contributed by atoms with E-state index in [2.05, 4.69) is 81.3 Å². The van der Waals surface area contributed by atoms with Gasteiger partial charge in [-0.3, -0.25) is 9.97 Å². The number of fused-ring (bicyclic) bond motifs is 6. The minimum Gasteiger partial charge on any atom is -0.311 e. The molecule has 0 saturated carbocycles. The van der Waals surface area contributed by atoms with E-state index in [1.807, 2.05) is 24.5 Å². The first-order chi connectivity index (χ1) is 17.3. The van der Waals surface area contributed by atoms with Crippen LogP contribution in [0.5, 0.6) is 0 Å². The quantitative estimate of drug-likeness (QED) is 0.243. The van der Waals surface area contributed by atoms with E-state index in [1.54, 1.807) is 0 Å². The van der Waals surface area contributed by atoms with Crippen LogP contribution in [-0.2, 0) is 13.1 Å². The van der Waals surface area contributed by atoms with Crippen molar-refractivity contribution < 1.29 is 0 Å². The Balaban J connectivity index is 1.01. The van der Waals surface area contributed by atoms with Gasteiger partial charge < -0.3 is 10.6 Å². The van der Waals surface area contributed by atoms with Gasteiger partial charge in [-0.25, -0.2) is 9.97 Å². The maximum absolute atomic E-state index is 4.87. The van der Waals surface area contributed by atoms with Crippen molar-refractivity contribution in [2.45, 2.75) is 19.5 Å². The molecule has 0 saturated heterocycles. The zero-order valence-electron chi connectivity index (χ0n) is 19.4. The normalized spacial score (nSPS) is 11.7. The molecule has 4 heterocycles. The SMILES string of the molecule is c1cnc2c(c1)ccc1ccc(CNCCCNCc3ccc4ccc5cccnc5c4n3)nc12. The molecule has 0 atom stereocenters. The number of nitrogens with zero attached hydrogens (tertiary/aromatic N) is 4. The number of hydrogen-bond donors (Lipinski definition) is 2. The van der Waals surface area contributed by atoms with Crippen molar-refractivity contribution >= 4 is 43.6 Å². The molecule has 4 aromatic heterocycles. The highest BCUT2D eigenvalue weighted by atomic mass is 14.9. The molecule has 0 bridgehead atoms. The standard InChI is InChI=1S/C29H26N6/c1-4-20-6-8-22-10-12-24(34-28(22)26(20)32-16-1)18-30-14-3-15-31-19-25-13-11-23-9-7-21-5-2-17-33-27(21)29(23)35-25/h1-2,4-13,16-17,30-31H,3,14-15,18-19H2. The summed E-state index contributed by atoms with van der Waals surface area (Å²) in [4.78, 5) is 18.8. The van der Waals surface area contributed by atoms with Crippen LogP contribution in [0.1, 0.15) is 17.8 Å². The number of hydrogen-bond acceptors (Lipinski definition) is 6. The third kappa shape index (κ3) is 4.54. The van der Waals surface area contributed by atoms with Crippen molar-refractivity contribution in [2.24, 2.45) is 0 Å². The van der Waals surface area contributed by atoms with Gasteiger partial charge in [-0.15, -0.1) is 0 Å². The minimum absolute atomic E-state index is 0.742. The first-order valence-corrected chi connectivity index (χ1v) is 12.0. The summed E-state index contributed by atoms with van der Waals surface area (Å²) in [5, 5.41) is 11.5. The van der Waals surface area contributed by atoms with Crippen LogP contribution < -0.4 is 10.6 Å². The van der Waals surface area contributed by atoms with Gasteiger partial charge in [0.2, 0.25) is 0 Å². The van der Waals surface area contributed by atoms with Crippen LogP contribution in [-0.4, -0.2) is 33.0 Å². The summed E-state index contributed by atoms with van der Waals surface area (Å²) in [5.74, 6) is 0. The Morgan fingerprint density at radius 3 is 1.40 bits per heavy atom. The third-order valence-electron chi connectivity index (χ3n) is 6.30. The molecule has 0 spiro atoms. The Bertz CT molecular complexity index is 1520. The zero-order valence-corrected chi connectivity index (χ0v) is 19.4. The Labute approximate surface area is 203 Å². The summed E-state index contributed by atoms with van der Waals surface area (Å²) in [5.41, 5.74) is 5.92. The predicted molar refractivity (Wildman–Crippen MR) is 142 cm³/mol. The molecular formula is C29H26N6. The first-order valence-electron chi connectivity index (χ1n) is 12.0. The summed E-state index contributed by atoms with van der Waals surface area (Å²) in [6.45, 7) is 3.32. The average molecular weight is 459 g/mol. The van der Waals surface area contributed by atoms with Crippen LogP contribution in [0.4, 0.5) is 0 Å². The molecule has 6 rings (SSSR count). The predicted octanol–water partition coefficient (Wildman–Crippen LogP) is 5.15. The summed E-state index contributed by atoms with van der Waals surface area (Å²) in [7, 11) is 0. The fraction of sp³-hybridized carbons (Fsp3) is 0.172. The third-order valence-corrected chi connectivity index (χ3v) is 6.30. The lowest BCUT2D eigenvalue weighted by atomic mass is 10.1. The number of aromatic nitrogens is 4. The van der Waals surface area contributed by atoms with Crippen molar-refractivity contribution in [1.29, 1.82) is 0 Å². The Kier molecular flexibility index (Phi) is 5.97. The van der Waals surface area contributed by atoms with Crippen LogP contribution in [0.3, 0.4) is 0 Å². The molecule has 0 amide bonds. The summed E-state index contributed by atoms with van der Waals surface area (Å²) >= 11 is 0. The second-order valence-electron chi connectivity index (χ2n) is 8.74. The van der Waals surface area contributed by atoms with Gasteiger partial charge in [-0.2, -0.15) is 0 Å². The molecule has 2 N–H and O–H groups in total. The van der Waals surface area contributed by atoms with Crippen molar-refractivity contribution in [3.05, 3.63) is 96.6 Å². The molecule has 0 aliphatic heterocycles. The molecule has 6 nitrogen and oxygen atoms in total. The number of nitrogens with one attached hydrogen (secondary N) is 2. The van der Waals surface area contributed by atoms with E-state index in [4.69, 9.17) is 9.97 Å². The largest absolute Gasteiger partial charge is 0.311 e. The average Bonchev–Trinajstić information content (AvgIpc) is 2.92. The molecule has 35 heavy (non-hydrogen) atoms. The highest BCUT2D eigenvalue weighted by Gasteiger charge is 2.06. The van der Waals surface area contributed by atoms with Crippen LogP contribution in [0, 0.1) is 0 Å². The fourth-order valence-corrected chi connectivity index (χ4v) is 4.50. The molecule has 0 aliphatic carbocycles. The van der Waals surface area contributed by atoms with Gasteiger partial charge in [0.05, 0.1) is 33.5 Å². The smallest absolute Gasteiger partial charge is 0.0968 e. The van der Waals surface area contributed by atoms with Gasteiger partial charge in [-0.05, 0) is 43.8 Å².